The number of nitrogens with zero attached hydrogens (tertiary/aromatic N) is 1. The van der Waals surface area contributed by atoms with Crippen molar-refractivity contribution in [1.82, 2.24) is 4.90 Å². The van der Waals surface area contributed by atoms with Gasteiger partial charge >= 0.3 is 0 Å². The predicted molar refractivity (Wildman–Crippen MR) is 80.8 cm³/mol. The molecule has 1 amide bonds. The monoisotopic (exact) mass is 289 g/mol. The Kier molecular flexibility index (Phi) is 5.07. The average molecular weight is 289 g/mol. The second-order valence-corrected chi connectivity index (χ2v) is 5.31. The van der Waals surface area contributed by atoms with Gasteiger partial charge in [-0.05, 0) is 42.1 Å². The van der Waals surface area contributed by atoms with Gasteiger partial charge < -0.3 is 4.90 Å². The lowest BCUT2D eigenvalue weighted by molar-refractivity contribution is -0.126. The molecular weight excluding hydrogens is 273 g/mol. The third kappa shape index (κ3) is 4.03. The molecule has 0 bridgehead atoms. The zero-order valence-corrected chi connectivity index (χ0v) is 12.1. The molecule has 0 aliphatic rings. The van der Waals surface area contributed by atoms with Gasteiger partial charge in [0.1, 0.15) is 5.82 Å². The fraction of sp³-hybridized carbons (Fsp3) is 0.188. The number of rotatable bonds is 5. The molecule has 0 radical (unpaired) electrons. The van der Waals surface area contributed by atoms with Gasteiger partial charge in [-0.1, -0.05) is 18.2 Å². The first-order valence-electron chi connectivity index (χ1n) is 6.44. The molecule has 0 aliphatic heterocycles. The number of carbonyl (C=O) groups excluding carboxylic acids is 1. The van der Waals surface area contributed by atoms with Crippen LogP contribution in [0.1, 0.15) is 17.4 Å². The van der Waals surface area contributed by atoms with Crippen LogP contribution < -0.4 is 0 Å². The largest absolute Gasteiger partial charge is 0.335 e. The SMILES string of the molecule is CCN(Cc1cccc(F)c1)C(=O)C=Cc1cccs1. The Hall–Kier alpha value is -1.94. The van der Waals surface area contributed by atoms with Gasteiger partial charge in [0.15, 0.2) is 0 Å². The molecule has 0 aliphatic carbocycles. The van der Waals surface area contributed by atoms with Gasteiger partial charge in [-0.25, -0.2) is 4.39 Å². The maximum Gasteiger partial charge on any atom is 0.246 e. The molecule has 2 aromatic rings. The standard InChI is InChI=1S/C16H16FNOS/c1-2-18(12-13-5-3-6-14(17)11-13)16(19)9-8-15-7-4-10-20-15/h3-11H,2,12H2,1H3. The highest BCUT2D eigenvalue weighted by atomic mass is 32.1. The third-order valence-corrected chi connectivity index (χ3v) is 3.73. The maximum atomic E-state index is 13.1. The molecule has 0 fully saturated rings. The van der Waals surface area contributed by atoms with Gasteiger partial charge in [-0.15, -0.1) is 11.3 Å². The summed E-state index contributed by atoms with van der Waals surface area (Å²) >= 11 is 1.58. The van der Waals surface area contributed by atoms with Crippen LogP contribution in [-0.2, 0) is 11.3 Å². The molecule has 0 saturated heterocycles. The van der Waals surface area contributed by atoms with Crippen molar-refractivity contribution in [2.75, 3.05) is 6.54 Å². The van der Waals surface area contributed by atoms with Crippen molar-refractivity contribution in [3.8, 4) is 0 Å². The normalized spacial score (nSPS) is 10.9. The number of thiophene rings is 1. The van der Waals surface area contributed by atoms with Crippen molar-refractivity contribution >= 4 is 23.3 Å². The topological polar surface area (TPSA) is 20.3 Å². The minimum Gasteiger partial charge on any atom is -0.335 e. The van der Waals surface area contributed by atoms with E-state index in [9.17, 15) is 9.18 Å². The smallest absolute Gasteiger partial charge is 0.246 e. The van der Waals surface area contributed by atoms with Crippen LogP contribution in [0.2, 0.25) is 0 Å². The van der Waals surface area contributed by atoms with E-state index in [0.29, 0.717) is 13.1 Å². The van der Waals surface area contributed by atoms with Crippen LogP contribution in [0.25, 0.3) is 6.08 Å². The van der Waals surface area contributed by atoms with Gasteiger partial charge in [-0.2, -0.15) is 0 Å². The third-order valence-electron chi connectivity index (χ3n) is 2.89. The second kappa shape index (κ2) is 7.01. The molecular formula is C16H16FNOS. The number of halogens is 1. The Labute approximate surface area is 122 Å². The lowest BCUT2D eigenvalue weighted by Gasteiger charge is -2.19. The molecule has 104 valence electrons. The first-order valence-corrected chi connectivity index (χ1v) is 7.32. The number of likely N-dealkylation sites (N-methyl/N-ethyl adjacent to an activating group) is 1. The number of benzene rings is 1. The highest BCUT2D eigenvalue weighted by Crippen LogP contribution is 2.12. The Bertz CT molecular complexity index is 592. The van der Waals surface area contributed by atoms with Crippen LogP contribution in [0.3, 0.4) is 0 Å². The predicted octanol–water partition coefficient (Wildman–Crippen LogP) is 3.95. The summed E-state index contributed by atoms with van der Waals surface area (Å²) < 4.78 is 13.1. The van der Waals surface area contributed by atoms with Gasteiger partial charge in [0.05, 0.1) is 0 Å². The van der Waals surface area contributed by atoms with Gasteiger partial charge in [0.25, 0.3) is 0 Å². The van der Waals surface area contributed by atoms with E-state index in [1.807, 2.05) is 30.5 Å². The molecule has 0 atom stereocenters. The summed E-state index contributed by atoms with van der Waals surface area (Å²) in [6.07, 6.45) is 3.37. The summed E-state index contributed by atoms with van der Waals surface area (Å²) in [6, 6.07) is 10.2. The number of carbonyl (C=O) groups is 1. The van der Waals surface area contributed by atoms with Crippen molar-refractivity contribution in [3.63, 3.8) is 0 Å². The Morgan fingerprint density at radius 2 is 2.20 bits per heavy atom. The van der Waals surface area contributed by atoms with Gasteiger partial charge in [0, 0.05) is 24.0 Å². The summed E-state index contributed by atoms with van der Waals surface area (Å²) in [6.45, 7) is 2.92. The Morgan fingerprint density at radius 1 is 1.35 bits per heavy atom. The first-order chi connectivity index (χ1) is 9.69. The molecule has 2 nitrogen and oxygen atoms in total. The van der Waals surface area contributed by atoms with Crippen LogP contribution in [0.5, 0.6) is 0 Å². The maximum absolute atomic E-state index is 13.1. The van der Waals surface area contributed by atoms with Crippen molar-refractivity contribution in [3.05, 3.63) is 64.1 Å². The fourth-order valence-electron chi connectivity index (χ4n) is 1.85. The van der Waals surface area contributed by atoms with E-state index in [-0.39, 0.29) is 11.7 Å². The molecule has 0 spiro atoms. The highest BCUT2D eigenvalue weighted by Gasteiger charge is 2.09. The summed E-state index contributed by atoms with van der Waals surface area (Å²) in [5.41, 5.74) is 0.796. The highest BCUT2D eigenvalue weighted by molar-refractivity contribution is 7.10. The zero-order valence-electron chi connectivity index (χ0n) is 11.3. The van der Waals surface area contributed by atoms with E-state index < -0.39 is 0 Å². The van der Waals surface area contributed by atoms with Gasteiger partial charge in [0.2, 0.25) is 5.91 Å². The van der Waals surface area contributed by atoms with E-state index in [1.54, 1.807) is 34.5 Å². The van der Waals surface area contributed by atoms with Crippen molar-refractivity contribution in [1.29, 1.82) is 0 Å². The molecule has 20 heavy (non-hydrogen) atoms. The second-order valence-electron chi connectivity index (χ2n) is 4.33. The average Bonchev–Trinajstić information content (AvgIpc) is 2.95. The molecule has 1 heterocycles. The Balaban J connectivity index is 2.02. The number of hydrogen-bond acceptors (Lipinski definition) is 2. The van der Waals surface area contributed by atoms with E-state index in [0.717, 1.165) is 10.4 Å². The van der Waals surface area contributed by atoms with E-state index in [2.05, 4.69) is 0 Å². The molecule has 1 aromatic carbocycles. The van der Waals surface area contributed by atoms with Crippen molar-refractivity contribution in [2.24, 2.45) is 0 Å². The number of amides is 1. The molecule has 0 saturated carbocycles. The molecule has 0 N–H and O–H groups in total. The zero-order chi connectivity index (χ0) is 14.4. The van der Waals surface area contributed by atoms with E-state index in [1.165, 1.54) is 12.1 Å². The molecule has 0 unspecified atom stereocenters. The number of hydrogen-bond donors (Lipinski definition) is 0. The summed E-state index contributed by atoms with van der Waals surface area (Å²) in [4.78, 5) is 14.8. The lowest BCUT2D eigenvalue weighted by Crippen LogP contribution is -2.28. The van der Waals surface area contributed by atoms with Crippen molar-refractivity contribution in [2.45, 2.75) is 13.5 Å². The fourth-order valence-corrected chi connectivity index (χ4v) is 2.46. The van der Waals surface area contributed by atoms with Crippen LogP contribution in [0.4, 0.5) is 4.39 Å². The summed E-state index contributed by atoms with van der Waals surface area (Å²) in [5, 5.41) is 1.97. The van der Waals surface area contributed by atoms with Gasteiger partial charge in [-0.3, -0.25) is 4.79 Å². The summed E-state index contributed by atoms with van der Waals surface area (Å²) in [5.74, 6) is -0.342. The summed E-state index contributed by atoms with van der Waals surface area (Å²) in [7, 11) is 0. The van der Waals surface area contributed by atoms with Crippen LogP contribution in [-0.4, -0.2) is 17.4 Å². The van der Waals surface area contributed by atoms with E-state index >= 15 is 0 Å². The molecule has 1 aromatic heterocycles. The van der Waals surface area contributed by atoms with E-state index in [4.69, 9.17) is 0 Å². The minimum atomic E-state index is -0.278. The molecule has 2 rings (SSSR count). The van der Waals surface area contributed by atoms with Crippen LogP contribution in [0, 0.1) is 5.82 Å². The molecule has 4 heteroatoms. The first kappa shape index (κ1) is 14.5. The quantitative estimate of drug-likeness (QED) is 0.763. The lowest BCUT2D eigenvalue weighted by atomic mass is 10.2. The van der Waals surface area contributed by atoms with Crippen molar-refractivity contribution < 1.29 is 9.18 Å². The Morgan fingerprint density at radius 3 is 2.85 bits per heavy atom. The minimum absolute atomic E-state index is 0.0647. The van der Waals surface area contributed by atoms with Crippen LogP contribution in [0.15, 0.2) is 47.9 Å². The van der Waals surface area contributed by atoms with Crippen LogP contribution >= 0.6 is 11.3 Å².